The molecule has 0 saturated carbocycles. The molecule has 1 aromatic rings. The lowest BCUT2D eigenvalue weighted by molar-refractivity contribution is 0.114. The van der Waals surface area contributed by atoms with Crippen molar-refractivity contribution in [3.8, 4) is 0 Å². The number of ether oxygens (including phenoxy) is 1. The zero-order valence-corrected chi connectivity index (χ0v) is 14.9. The van der Waals surface area contributed by atoms with Gasteiger partial charge in [-0.15, -0.1) is 0 Å². The third-order valence-electron chi connectivity index (χ3n) is 3.87. The minimum absolute atomic E-state index is 0.131. The molecule has 0 aromatic carbocycles. The molecule has 1 fully saturated rings. The molecule has 0 amide bonds. The second kappa shape index (κ2) is 7.77. The summed E-state index contributed by atoms with van der Waals surface area (Å²) in [6, 6.07) is 0. The molecule has 0 aliphatic carbocycles. The van der Waals surface area contributed by atoms with Crippen LogP contribution in [0.15, 0.2) is 9.52 Å². The Hall–Kier alpha value is -1.63. The molecule has 2 heterocycles. The molecule has 7 heteroatoms. The van der Waals surface area contributed by atoms with Crippen LogP contribution >= 0.6 is 0 Å². The van der Waals surface area contributed by atoms with Crippen LogP contribution in [0, 0.1) is 5.92 Å². The Morgan fingerprint density at radius 1 is 1.48 bits per heavy atom. The molecule has 1 saturated heterocycles. The average Bonchev–Trinajstić information content (AvgIpc) is 3.14. The van der Waals surface area contributed by atoms with Crippen molar-refractivity contribution in [2.45, 2.75) is 46.1 Å². The summed E-state index contributed by atoms with van der Waals surface area (Å²) >= 11 is 0. The molecule has 1 aliphatic heterocycles. The van der Waals surface area contributed by atoms with Gasteiger partial charge in [0.1, 0.15) is 0 Å². The molecular formula is C16H29N5O2. The molecule has 0 radical (unpaired) electrons. The number of likely N-dealkylation sites (tertiary alicyclic amines) is 1. The van der Waals surface area contributed by atoms with E-state index in [1.165, 1.54) is 0 Å². The molecule has 1 unspecified atom stereocenters. The van der Waals surface area contributed by atoms with E-state index in [-0.39, 0.29) is 5.41 Å². The summed E-state index contributed by atoms with van der Waals surface area (Å²) in [7, 11) is 1.80. The molecule has 1 atom stereocenters. The van der Waals surface area contributed by atoms with Crippen LogP contribution in [0.1, 0.15) is 45.8 Å². The predicted octanol–water partition coefficient (Wildman–Crippen LogP) is 1.80. The normalized spacial score (nSPS) is 19.4. The van der Waals surface area contributed by atoms with Crippen LogP contribution in [0.2, 0.25) is 0 Å². The topological polar surface area (TPSA) is 75.8 Å². The molecule has 1 aliphatic rings. The SMILES string of the molecule is CCOCC1CCN(C(=NC)NCc2noc(C(C)(C)C)n2)C1. The van der Waals surface area contributed by atoms with Gasteiger partial charge in [0.15, 0.2) is 11.8 Å². The van der Waals surface area contributed by atoms with E-state index >= 15 is 0 Å². The molecule has 130 valence electrons. The Balaban J connectivity index is 1.85. The second-order valence-electron chi connectivity index (χ2n) is 6.93. The maximum Gasteiger partial charge on any atom is 0.232 e. The highest BCUT2D eigenvalue weighted by molar-refractivity contribution is 5.80. The van der Waals surface area contributed by atoms with Gasteiger partial charge in [-0.1, -0.05) is 25.9 Å². The summed E-state index contributed by atoms with van der Waals surface area (Å²) in [4.78, 5) is 11.1. The molecule has 7 nitrogen and oxygen atoms in total. The number of guanidine groups is 1. The highest BCUT2D eigenvalue weighted by Gasteiger charge is 2.25. The van der Waals surface area contributed by atoms with Crippen molar-refractivity contribution in [1.29, 1.82) is 0 Å². The van der Waals surface area contributed by atoms with E-state index < -0.39 is 0 Å². The van der Waals surface area contributed by atoms with Crippen molar-refractivity contribution in [2.24, 2.45) is 10.9 Å². The third kappa shape index (κ3) is 4.92. The Morgan fingerprint density at radius 2 is 2.26 bits per heavy atom. The first-order chi connectivity index (χ1) is 10.9. The maximum atomic E-state index is 5.52. The summed E-state index contributed by atoms with van der Waals surface area (Å²) in [6.45, 7) is 12.3. The summed E-state index contributed by atoms with van der Waals surface area (Å²) < 4.78 is 10.8. The number of nitrogens with one attached hydrogen (secondary N) is 1. The van der Waals surface area contributed by atoms with Crippen LogP contribution in [-0.2, 0) is 16.7 Å². The van der Waals surface area contributed by atoms with Crippen LogP contribution in [0.5, 0.6) is 0 Å². The number of nitrogens with zero attached hydrogens (tertiary/aromatic N) is 4. The van der Waals surface area contributed by atoms with Crippen molar-refractivity contribution in [3.63, 3.8) is 0 Å². The van der Waals surface area contributed by atoms with E-state index in [2.05, 4.69) is 46.1 Å². The van der Waals surface area contributed by atoms with Gasteiger partial charge >= 0.3 is 0 Å². The van der Waals surface area contributed by atoms with Crippen LogP contribution < -0.4 is 5.32 Å². The Bertz CT molecular complexity index is 521. The van der Waals surface area contributed by atoms with Crippen molar-refractivity contribution in [2.75, 3.05) is 33.4 Å². The van der Waals surface area contributed by atoms with E-state index in [0.29, 0.717) is 24.2 Å². The van der Waals surface area contributed by atoms with Crippen LogP contribution in [0.25, 0.3) is 0 Å². The fourth-order valence-corrected chi connectivity index (χ4v) is 2.57. The standard InChI is InChI=1S/C16H29N5O2/c1-6-22-11-12-7-8-21(10-12)15(17-5)18-9-13-19-14(23-20-13)16(2,3)4/h12H,6-11H2,1-5H3,(H,17,18). The van der Waals surface area contributed by atoms with Gasteiger partial charge in [0.2, 0.25) is 5.89 Å². The minimum Gasteiger partial charge on any atom is -0.381 e. The molecule has 1 aromatic heterocycles. The van der Waals surface area contributed by atoms with Crippen LogP contribution in [0.4, 0.5) is 0 Å². The van der Waals surface area contributed by atoms with Gasteiger partial charge in [0, 0.05) is 38.1 Å². The number of aliphatic imine (C=N–C) groups is 1. The maximum absolute atomic E-state index is 5.52. The molecule has 2 rings (SSSR count). The lowest BCUT2D eigenvalue weighted by Gasteiger charge is -2.21. The van der Waals surface area contributed by atoms with E-state index in [0.717, 1.165) is 38.7 Å². The second-order valence-corrected chi connectivity index (χ2v) is 6.93. The van der Waals surface area contributed by atoms with Crippen molar-refractivity contribution in [3.05, 3.63) is 11.7 Å². The summed E-state index contributed by atoms with van der Waals surface area (Å²) in [6.07, 6.45) is 1.14. The largest absolute Gasteiger partial charge is 0.381 e. The van der Waals surface area contributed by atoms with E-state index in [1.807, 2.05) is 6.92 Å². The quantitative estimate of drug-likeness (QED) is 0.658. The average molecular weight is 323 g/mol. The molecule has 23 heavy (non-hydrogen) atoms. The number of aromatic nitrogens is 2. The summed E-state index contributed by atoms with van der Waals surface area (Å²) in [5.41, 5.74) is -0.131. The monoisotopic (exact) mass is 323 g/mol. The lowest BCUT2D eigenvalue weighted by Crippen LogP contribution is -2.40. The van der Waals surface area contributed by atoms with Gasteiger partial charge in [0.25, 0.3) is 0 Å². The van der Waals surface area contributed by atoms with Gasteiger partial charge in [-0.3, -0.25) is 4.99 Å². The zero-order valence-electron chi connectivity index (χ0n) is 14.9. The molecule has 0 spiro atoms. The first-order valence-electron chi connectivity index (χ1n) is 8.30. The Kier molecular flexibility index (Phi) is 5.98. The summed E-state index contributed by atoms with van der Waals surface area (Å²) in [5.74, 6) is 2.76. The lowest BCUT2D eigenvalue weighted by atomic mass is 9.97. The highest BCUT2D eigenvalue weighted by atomic mass is 16.5. The van der Waals surface area contributed by atoms with Gasteiger partial charge in [-0.2, -0.15) is 4.98 Å². The van der Waals surface area contributed by atoms with E-state index in [1.54, 1.807) is 7.05 Å². The number of rotatable bonds is 5. The van der Waals surface area contributed by atoms with Crippen molar-refractivity contribution in [1.82, 2.24) is 20.4 Å². The van der Waals surface area contributed by atoms with Crippen LogP contribution in [-0.4, -0.2) is 54.4 Å². The summed E-state index contributed by atoms with van der Waals surface area (Å²) in [5, 5.41) is 7.35. The fraction of sp³-hybridized carbons (Fsp3) is 0.812. The first kappa shape index (κ1) is 17.7. The zero-order chi connectivity index (χ0) is 16.9. The molecule has 0 bridgehead atoms. The van der Waals surface area contributed by atoms with E-state index in [4.69, 9.17) is 9.26 Å². The van der Waals surface area contributed by atoms with Gasteiger partial charge in [-0.05, 0) is 13.3 Å². The number of hydrogen-bond donors (Lipinski definition) is 1. The van der Waals surface area contributed by atoms with E-state index in [9.17, 15) is 0 Å². The first-order valence-corrected chi connectivity index (χ1v) is 8.30. The van der Waals surface area contributed by atoms with Crippen molar-refractivity contribution < 1.29 is 9.26 Å². The van der Waals surface area contributed by atoms with Gasteiger partial charge in [-0.25, -0.2) is 0 Å². The molecular weight excluding hydrogens is 294 g/mol. The highest BCUT2D eigenvalue weighted by Crippen LogP contribution is 2.20. The predicted molar refractivity (Wildman–Crippen MR) is 89.4 cm³/mol. The Labute approximate surface area is 138 Å². The van der Waals surface area contributed by atoms with Gasteiger partial charge in [0.05, 0.1) is 13.2 Å². The fourth-order valence-electron chi connectivity index (χ4n) is 2.57. The smallest absolute Gasteiger partial charge is 0.232 e. The minimum atomic E-state index is -0.131. The number of hydrogen-bond acceptors (Lipinski definition) is 5. The van der Waals surface area contributed by atoms with Gasteiger partial charge < -0.3 is 19.5 Å². The molecule has 1 N–H and O–H groups in total. The third-order valence-corrected chi connectivity index (χ3v) is 3.87. The van der Waals surface area contributed by atoms with Crippen molar-refractivity contribution >= 4 is 5.96 Å². The van der Waals surface area contributed by atoms with Crippen LogP contribution in [0.3, 0.4) is 0 Å². The Morgan fingerprint density at radius 3 is 2.87 bits per heavy atom.